The average molecular weight is 341 g/mol. The molecule has 6 heteroatoms. The number of benzene rings is 1. The minimum atomic E-state index is -0.417. The molecule has 0 fully saturated rings. The maximum Gasteiger partial charge on any atom is 0.337 e. The van der Waals surface area contributed by atoms with Gasteiger partial charge in [0.1, 0.15) is 5.69 Å². The minimum Gasteiger partial charge on any atom is -0.465 e. The van der Waals surface area contributed by atoms with Crippen LogP contribution in [0, 0.1) is 5.92 Å². The van der Waals surface area contributed by atoms with Crippen molar-refractivity contribution >= 4 is 23.3 Å². The molecule has 0 unspecified atom stereocenters. The molecule has 1 heterocycles. The van der Waals surface area contributed by atoms with Gasteiger partial charge in [0.25, 0.3) is 5.91 Å². The monoisotopic (exact) mass is 341 g/mol. The number of hydrogen-bond acceptors (Lipinski definition) is 5. The predicted molar refractivity (Wildman–Crippen MR) is 97.9 cm³/mol. The Balaban J connectivity index is 1.99. The Morgan fingerprint density at radius 1 is 1.12 bits per heavy atom. The van der Waals surface area contributed by atoms with Crippen LogP contribution in [0.3, 0.4) is 0 Å². The molecule has 1 aromatic heterocycles. The number of esters is 1. The zero-order chi connectivity index (χ0) is 18.2. The summed E-state index contributed by atoms with van der Waals surface area (Å²) in [6.07, 6.45) is 2.66. The Bertz CT molecular complexity index is 727. The topological polar surface area (TPSA) is 80.3 Å². The predicted octanol–water partition coefficient (Wildman–Crippen LogP) is 3.58. The van der Waals surface area contributed by atoms with Crippen LogP contribution in [0.5, 0.6) is 0 Å². The number of ether oxygens (including phenoxy) is 1. The number of amides is 1. The molecular weight excluding hydrogens is 318 g/mol. The van der Waals surface area contributed by atoms with Gasteiger partial charge in [0, 0.05) is 24.1 Å². The van der Waals surface area contributed by atoms with Crippen molar-refractivity contribution in [1.29, 1.82) is 0 Å². The number of rotatable bonds is 7. The van der Waals surface area contributed by atoms with Crippen LogP contribution < -0.4 is 10.6 Å². The zero-order valence-electron chi connectivity index (χ0n) is 14.7. The van der Waals surface area contributed by atoms with E-state index in [2.05, 4.69) is 34.2 Å². The summed E-state index contributed by atoms with van der Waals surface area (Å²) in [7, 11) is 1.33. The van der Waals surface area contributed by atoms with Gasteiger partial charge in [-0.1, -0.05) is 13.8 Å². The summed E-state index contributed by atoms with van der Waals surface area (Å²) in [6, 6.07) is 10.0. The third kappa shape index (κ3) is 5.60. The van der Waals surface area contributed by atoms with Crippen molar-refractivity contribution in [3.8, 4) is 0 Å². The van der Waals surface area contributed by atoms with Crippen LogP contribution in [0.1, 0.15) is 41.1 Å². The van der Waals surface area contributed by atoms with E-state index in [1.807, 2.05) is 6.07 Å². The summed E-state index contributed by atoms with van der Waals surface area (Å²) in [5.74, 6) is -0.108. The smallest absolute Gasteiger partial charge is 0.337 e. The normalized spacial score (nSPS) is 10.4. The van der Waals surface area contributed by atoms with Gasteiger partial charge >= 0.3 is 5.97 Å². The molecule has 1 aromatic carbocycles. The van der Waals surface area contributed by atoms with Crippen LogP contribution in [0.25, 0.3) is 0 Å². The lowest BCUT2D eigenvalue weighted by molar-refractivity contribution is 0.0600. The fraction of sp³-hybridized carbons (Fsp3) is 0.316. The Hall–Kier alpha value is -2.89. The first-order valence-electron chi connectivity index (χ1n) is 8.19. The second-order valence-corrected chi connectivity index (χ2v) is 6.06. The van der Waals surface area contributed by atoms with Crippen molar-refractivity contribution in [3.63, 3.8) is 0 Å². The van der Waals surface area contributed by atoms with Crippen molar-refractivity contribution in [2.24, 2.45) is 5.92 Å². The average Bonchev–Trinajstić information content (AvgIpc) is 2.61. The molecule has 0 spiro atoms. The molecule has 2 rings (SSSR count). The van der Waals surface area contributed by atoms with Crippen molar-refractivity contribution in [2.45, 2.75) is 20.3 Å². The SMILES string of the molecule is COC(=O)c1ccc(NC(=O)c2cc(NCCC(C)C)ccn2)cc1. The summed E-state index contributed by atoms with van der Waals surface area (Å²) in [4.78, 5) is 27.8. The van der Waals surface area contributed by atoms with Crippen molar-refractivity contribution in [2.75, 3.05) is 24.3 Å². The molecular formula is C19H23N3O3. The molecule has 132 valence electrons. The van der Waals surface area contributed by atoms with Crippen molar-refractivity contribution < 1.29 is 14.3 Å². The molecule has 25 heavy (non-hydrogen) atoms. The van der Waals surface area contributed by atoms with E-state index in [0.29, 0.717) is 22.9 Å². The van der Waals surface area contributed by atoms with Gasteiger partial charge in [-0.25, -0.2) is 4.79 Å². The number of carbonyl (C=O) groups excluding carboxylic acids is 2. The number of anilines is 2. The highest BCUT2D eigenvalue weighted by atomic mass is 16.5. The van der Waals surface area contributed by atoms with Crippen molar-refractivity contribution in [3.05, 3.63) is 53.9 Å². The Morgan fingerprint density at radius 3 is 2.48 bits per heavy atom. The third-order valence-corrected chi connectivity index (χ3v) is 3.61. The first kappa shape index (κ1) is 18.4. The second-order valence-electron chi connectivity index (χ2n) is 6.06. The molecule has 0 bridgehead atoms. The quantitative estimate of drug-likeness (QED) is 0.753. The Morgan fingerprint density at radius 2 is 1.84 bits per heavy atom. The summed E-state index contributed by atoms with van der Waals surface area (Å²) in [5.41, 5.74) is 2.20. The molecule has 2 N–H and O–H groups in total. The van der Waals surface area contributed by atoms with E-state index in [0.717, 1.165) is 18.7 Å². The lowest BCUT2D eigenvalue weighted by atomic mass is 10.1. The van der Waals surface area contributed by atoms with Gasteiger partial charge in [-0.15, -0.1) is 0 Å². The highest BCUT2D eigenvalue weighted by Crippen LogP contribution is 2.14. The number of carbonyl (C=O) groups is 2. The summed E-state index contributed by atoms with van der Waals surface area (Å²) in [5, 5.41) is 6.05. The number of nitrogens with zero attached hydrogens (tertiary/aromatic N) is 1. The fourth-order valence-electron chi connectivity index (χ4n) is 2.17. The van der Waals surface area contributed by atoms with E-state index >= 15 is 0 Å². The lowest BCUT2D eigenvalue weighted by Gasteiger charge is -2.10. The van der Waals surface area contributed by atoms with E-state index in [1.165, 1.54) is 7.11 Å². The van der Waals surface area contributed by atoms with Crippen LogP contribution >= 0.6 is 0 Å². The maximum absolute atomic E-state index is 12.3. The standard InChI is InChI=1S/C19H23N3O3/c1-13(2)8-10-20-16-9-11-21-17(12-16)18(23)22-15-6-4-14(5-7-15)19(24)25-3/h4-7,9,11-13H,8,10H2,1-3H3,(H,20,21)(H,22,23). The first-order valence-corrected chi connectivity index (χ1v) is 8.19. The maximum atomic E-state index is 12.3. The van der Waals surface area contributed by atoms with Crippen LogP contribution in [-0.2, 0) is 4.74 Å². The van der Waals surface area contributed by atoms with E-state index in [4.69, 9.17) is 0 Å². The molecule has 0 saturated carbocycles. The molecule has 0 aliphatic heterocycles. The molecule has 0 saturated heterocycles. The van der Waals surface area contributed by atoms with Gasteiger partial charge in [0.15, 0.2) is 0 Å². The second kappa shape index (κ2) is 8.82. The fourth-order valence-corrected chi connectivity index (χ4v) is 2.17. The number of hydrogen-bond donors (Lipinski definition) is 2. The highest BCUT2D eigenvalue weighted by Gasteiger charge is 2.10. The van der Waals surface area contributed by atoms with E-state index in [-0.39, 0.29) is 5.91 Å². The Labute approximate surface area is 147 Å². The van der Waals surface area contributed by atoms with Gasteiger partial charge in [-0.3, -0.25) is 9.78 Å². The zero-order valence-corrected chi connectivity index (χ0v) is 14.7. The molecule has 1 amide bonds. The minimum absolute atomic E-state index is 0.307. The summed E-state index contributed by atoms with van der Waals surface area (Å²) in [6.45, 7) is 5.18. The third-order valence-electron chi connectivity index (χ3n) is 3.61. The van der Waals surface area contributed by atoms with Gasteiger partial charge < -0.3 is 15.4 Å². The van der Waals surface area contributed by atoms with Crippen LogP contribution in [0.15, 0.2) is 42.6 Å². The first-order chi connectivity index (χ1) is 12.0. The van der Waals surface area contributed by atoms with Gasteiger partial charge in [0.05, 0.1) is 12.7 Å². The highest BCUT2D eigenvalue weighted by molar-refractivity contribution is 6.03. The van der Waals surface area contributed by atoms with E-state index < -0.39 is 5.97 Å². The van der Waals surface area contributed by atoms with Crippen LogP contribution in [0.2, 0.25) is 0 Å². The molecule has 2 aromatic rings. The molecule has 0 radical (unpaired) electrons. The molecule has 0 atom stereocenters. The number of aromatic nitrogens is 1. The molecule has 0 aliphatic rings. The number of pyridine rings is 1. The Kier molecular flexibility index (Phi) is 6.51. The number of nitrogens with one attached hydrogen (secondary N) is 2. The van der Waals surface area contributed by atoms with Gasteiger partial charge in [-0.2, -0.15) is 0 Å². The largest absolute Gasteiger partial charge is 0.465 e. The molecule has 6 nitrogen and oxygen atoms in total. The van der Waals surface area contributed by atoms with E-state index in [1.54, 1.807) is 36.5 Å². The summed E-state index contributed by atoms with van der Waals surface area (Å²) >= 11 is 0. The van der Waals surface area contributed by atoms with Gasteiger partial charge in [0.2, 0.25) is 0 Å². The number of methoxy groups -OCH3 is 1. The van der Waals surface area contributed by atoms with Gasteiger partial charge in [-0.05, 0) is 48.7 Å². The van der Waals surface area contributed by atoms with Crippen LogP contribution in [0.4, 0.5) is 11.4 Å². The van der Waals surface area contributed by atoms with Crippen LogP contribution in [-0.4, -0.2) is 30.5 Å². The lowest BCUT2D eigenvalue weighted by Crippen LogP contribution is -2.14. The molecule has 0 aliphatic carbocycles. The van der Waals surface area contributed by atoms with Crippen molar-refractivity contribution in [1.82, 2.24) is 4.98 Å². The summed E-state index contributed by atoms with van der Waals surface area (Å²) < 4.78 is 4.64. The van der Waals surface area contributed by atoms with E-state index in [9.17, 15) is 9.59 Å².